The zero-order valence-electron chi connectivity index (χ0n) is 5.30. The van der Waals surface area contributed by atoms with Crippen LogP contribution in [0.2, 0.25) is 6.32 Å². The van der Waals surface area contributed by atoms with E-state index in [1.165, 1.54) is 12.8 Å². The minimum atomic E-state index is 0. The van der Waals surface area contributed by atoms with Crippen molar-refractivity contribution in [3.63, 3.8) is 0 Å². The van der Waals surface area contributed by atoms with Crippen LogP contribution in [0.25, 0.3) is 0 Å². The third-order valence-electron chi connectivity index (χ3n) is 0.558. The maximum Gasteiger partial charge on any atom is 2.00 e. The van der Waals surface area contributed by atoms with E-state index in [4.69, 9.17) is 7.85 Å². The van der Waals surface area contributed by atoms with Crippen molar-refractivity contribution in [2.45, 2.75) is 26.1 Å². The summed E-state index contributed by atoms with van der Waals surface area (Å²) in [6.45, 7) is 2.13. The third kappa shape index (κ3) is 29.5. The van der Waals surface area contributed by atoms with E-state index < -0.39 is 0 Å². The standard InChI is InChI=1S/C4H9B.Mg.2H2O/c1-2-3-4-5;;;/h2-4H2,1H3;;2*1H2/q;+2;;/p-2. The molecule has 0 aromatic heterocycles. The Bertz CT molecular complexity index is 21.5. The van der Waals surface area contributed by atoms with Gasteiger partial charge in [-0.25, -0.2) is 0 Å². The van der Waals surface area contributed by atoms with Crippen molar-refractivity contribution in [2.75, 3.05) is 0 Å². The summed E-state index contributed by atoms with van der Waals surface area (Å²) in [5.74, 6) is 0. The Morgan fingerprint density at radius 1 is 1.25 bits per heavy atom. The Labute approximate surface area is 68.2 Å². The summed E-state index contributed by atoms with van der Waals surface area (Å²) in [4.78, 5) is 0. The van der Waals surface area contributed by atoms with E-state index in [-0.39, 0.29) is 34.0 Å². The third-order valence-corrected chi connectivity index (χ3v) is 0.558. The van der Waals surface area contributed by atoms with Gasteiger partial charge in [-0.05, 0) is 0 Å². The molecule has 0 rings (SSSR count). The minimum Gasteiger partial charge on any atom is -0.870 e. The van der Waals surface area contributed by atoms with Gasteiger partial charge < -0.3 is 11.0 Å². The quantitative estimate of drug-likeness (QED) is 0.510. The second-order valence-corrected chi connectivity index (χ2v) is 1.14. The molecule has 0 aliphatic carbocycles. The number of hydrogen-bond donors (Lipinski definition) is 0. The van der Waals surface area contributed by atoms with E-state index in [0.29, 0.717) is 0 Å². The van der Waals surface area contributed by atoms with E-state index in [2.05, 4.69) is 6.92 Å². The first-order valence-corrected chi connectivity index (χ1v) is 2.12. The van der Waals surface area contributed by atoms with Gasteiger partial charge in [-0.2, -0.15) is 0 Å². The van der Waals surface area contributed by atoms with Gasteiger partial charge in [0.25, 0.3) is 0 Å². The van der Waals surface area contributed by atoms with Crippen molar-refractivity contribution in [2.24, 2.45) is 0 Å². The summed E-state index contributed by atoms with van der Waals surface area (Å²) in [6, 6.07) is 0. The molecule has 2 N–H and O–H groups in total. The maximum atomic E-state index is 5.14. The Balaban J connectivity index is -0.0000000267. The zero-order valence-corrected chi connectivity index (χ0v) is 6.71. The predicted molar refractivity (Wildman–Crippen MR) is 35.1 cm³/mol. The Morgan fingerprint density at radius 2 is 1.62 bits per heavy atom. The van der Waals surface area contributed by atoms with Crippen molar-refractivity contribution in [3.8, 4) is 0 Å². The summed E-state index contributed by atoms with van der Waals surface area (Å²) < 4.78 is 0. The van der Waals surface area contributed by atoms with Crippen LogP contribution in [0.15, 0.2) is 0 Å². The summed E-state index contributed by atoms with van der Waals surface area (Å²) in [6.07, 6.45) is 3.23. The van der Waals surface area contributed by atoms with Gasteiger partial charge in [-0.3, -0.25) is 0 Å². The van der Waals surface area contributed by atoms with Gasteiger partial charge in [-0.1, -0.05) is 26.1 Å². The molecule has 0 bridgehead atoms. The molecular formula is C4H11BMgO2. The Kier molecular flexibility index (Phi) is 73.1. The SMILES string of the molecule is [B]CCCC.[Mg+2].[OH-].[OH-]. The molecule has 0 heterocycles. The van der Waals surface area contributed by atoms with Crippen molar-refractivity contribution in [1.82, 2.24) is 0 Å². The molecule has 0 fully saturated rings. The first kappa shape index (κ1) is 23.3. The van der Waals surface area contributed by atoms with Crippen molar-refractivity contribution >= 4 is 30.9 Å². The molecule has 0 aliphatic rings. The molecule has 4 heteroatoms. The fraction of sp³-hybridized carbons (Fsp3) is 1.00. The molecule has 0 amide bonds. The summed E-state index contributed by atoms with van der Waals surface area (Å²) in [5.41, 5.74) is 0. The molecule has 0 aromatic carbocycles. The van der Waals surface area contributed by atoms with Crippen LogP contribution in [0.1, 0.15) is 19.8 Å². The van der Waals surface area contributed by atoms with Crippen molar-refractivity contribution in [3.05, 3.63) is 0 Å². The number of hydrogen-bond acceptors (Lipinski definition) is 2. The Hall–Kier alpha value is 0.751. The molecule has 8 heavy (non-hydrogen) atoms. The summed E-state index contributed by atoms with van der Waals surface area (Å²) in [5, 5.41) is 0. The van der Waals surface area contributed by atoms with Crippen LogP contribution in [-0.4, -0.2) is 41.9 Å². The Morgan fingerprint density at radius 3 is 1.62 bits per heavy atom. The molecule has 2 radical (unpaired) electrons. The smallest absolute Gasteiger partial charge is 0.870 e. The maximum absolute atomic E-state index is 5.14. The van der Waals surface area contributed by atoms with Crippen LogP contribution in [0, 0.1) is 0 Å². The van der Waals surface area contributed by atoms with Gasteiger partial charge in [0.05, 0.1) is 7.85 Å². The monoisotopic (exact) mass is 126 g/mol. The second-order valence-electron chi connectivity index (χ2n) is 1.14. The molecule has 0 spiro atoms. The van der Waals surface area contributed by atoms with Gasteiger partial charge in [0.2, 0.25) is 0 Å². The van der Waals surface area contributed by atoms with E-state index in [1.54, 1.807) is 0 Å². The molecule has 0 unspecified atom stereocenters. The van der Waals surface area contributed by atoms with E-state index in [9.17, 15) is 0 Å². The van der Waals surface area contributed by atoms with E-state index in [1.807, 2.05) is 0 Å². The first-order valence-electron chi connectivity index (χ1n) is 2.12. The fourth-order valence-electron chi connectivity index (χ4n) is 0.204. The molecular weight excluding hydrogens is 115 g/mol. The molecule has 0 saturated carbocycles. The summed E-state index contributed by atoms with van der Waals surface area (Å²) in [7, 11) is 5.14. The predicted octanol–water partition coefficient (Wildman–Crippen LogP) is 0.639. The largest absolute Gasteiger partial charge is 2.00 e. The topological polar surface area (TPSA) is 60.0 Å². The molecule has 44 valence electrons. The first-order chi connectivity index (χ1) is 2.41. The average Bonchev–Trinajstić information content (AvgIpc) is 1.41. The van der Waals surface area contributed by atoms with Crippen LogP contribution < -0.4 is 0 Å². The minimum absolute atomic E-state index is 0. The van der Waals surface area contributed by atoms with Gasteiger partial charge >= 0.3 is 23.1 Å². The van der Waals surface area contributed by atoms with Gasteiger partial charge in [0, 0.05) is 0 Å². The van der Waals surface area contributed by atoms with Crippen LogP contribution >= 0.6 is 0 Å². The molecule has 0 aliphatic heterocycles. The molecule has 0 atom stereocenters. The number of rotatable bonds is 2. The average molecular weight is 126 g/mol. The van der Waals surface area contributed by atoms with Crippen LogP contribution in [0.3, 0.4) is 0 Å². The van der Waals surface area contributed by atoms with Crippen LogP contribution in [0.5, 0.6) is 0 Å². The number of unbranched alkanes of at least 4 members (excludes halogenated alkanes) is 1. The van der Waals surface area contributed by atoms with Crippen molar-refractivity contribution < 1.29 is 11.0 Å². The van der Waals surface area contributed by atoms with Crippen LogP contribution in [-0.2, 0) is 0 Å². The molecule has 0 aromatic rings. The summed E-state index contributed by atoms with van der Waals surface area (Å²) >= 11 is 0. The van der Waals surface area contributed by atoms with Crippen LogP contribution in [0.4, 0.5) is 0 Å². The molecule has 2 nitrogen and oxygen atoms in total. The van der Waals surface area contributed by atoms with Gasteiger partial charge in [0.15, 0.2) is 0 Å². The van der Waals surface area contributed by atoms with Gasteiger partial charge in [0.1, 0.15) is 0 Å². The second kappa shape index (κ2) is 25.1. The van der Waals surface area contributed by atoms with Crippen molar-refractivity contribution in [1.29, 1.82) is 0 Å². The van der Waals surface area contributed by atoms with Gasteiger partial charge in [-0.15, -0.1) is 0 Å². The molecule has 0 saturated heterocycles. The normalized spacial score (nSPS) is 5.12. The fourth-order valence-corrected chi connectivity index (χ4v) is 0.204. The van der Waals surface area contributed by atoms with E-state index >= 15 is 0 Å². The zero-order chi connectivity index (χ0) is 4.12. The van der Waals surface area contributed by atoms with E-state index in [0.717, 1.165) is 6.32 Å².